The van der Waals surface area contributed by atoms with E-state index in [9.17, 15) is 4.79 Å². The molecule has 1 aromatic rings. The van der Waals surface area contributed by atoms with Gasteiger partial charge in [-0.1, -0.05) is 12.1 Å². The fraction of sp³-hybridized carbons (Fsp3) is 0.417. The first-order valence-electron chi connectivity index (χ1n) is 5.28. The summed E-state index contributed by atoms with van der Waals surface area (Å²) in [5.74, 6) is 1.08. The van der Waals surface area contributed by atoms with E-state index in [4.69, 9.17) is 10.5 Å². The maximum Gasteiger partial charge on any atom is 0.142 e. The van der Waals surface area contributed by atoms with Crippen molar-refractivity contribution in [1.29, 1.82) is 0 Å². The molecule has 0 bridgehead atoms. The Kier molecular flexibility index (Phi) is 2.90. The minimum Gasteiger partial charge on any atom is -0.488 e. The van der Waals surface area contributed by atoms with Gasteiger partial charge >= 0.3 is 0 Å². The van der Waals surface area contributed by atoms with Gasteiger partial charge in [0.1, 0.15) is 11.5 Å². The Hall–Kier alpha value is -1.51. The second kappa shape index (κ2) is 4.34. The molecule has 0 radical (unpaired) electrons. The Morgan fingerprint density at radius 2 is 1.87 bits per heavy atom. The van der Waals surface area contributed by atoms with Crippen molar-refractivity contribution in [3.8, 4) is 5.75 Å². The smallest absolute Gasteiger partial charge is 0.142 e. The van der Waals surface area contributed by atoms with Crippen LogP contribution < -0.4 is 10.5 Å². The lowest BCUT2D eigenvalue weighted by molar-refractivity contribution is -0.121. The van der Waals surface area contributed by atoms with E-state index >= 15 is 0 Å². The predicted octanol–water partition coefficient (Wildman–Crippen LogP) is 2.16. The normalized spacial score (nSPS) is 17.7. The van der Waals surface area contributed by atoms with Crippen LogP contribution >= 0.6 is 0 Å². The zero-order chi connectivity index (χ0) is 10.7. The number of hydrogen-bond acceptors (Lipinski definition) is 3. The van der Waals surface area contributed by atoms with Crippen LogP contribution in [0.1, 0.15) is 25.7 Å². The summed E-state index contributed by atoms with van der Waals surface area (Å²) in [7, 11) is 0. The maximum atomic E-state index is 11.0. The van der Waals surface area contributed by atoms with Crippen LogP contribution in [0, 0.1) is 0 Å². The molecule has 1 aliphatic rings. The first-order valence-corrected chi connectivity index (χ1v) is 5.28. The van der Waals surface area contributed by atoms with E-state index in [-0.39, 0.29) is 6.10 Å². The molecule has 0 atom stereocenters. The van der Waals surface area contributed by atoms with Crippen molar-refractivity contribution in [2.24, 2.45) is 0 Å². The highest BCUT2D eigenvalue weighted by Gasteiger charge is 2.20. The van der Waals surface area contributed by atoms with E-state index in [0.717, 1.165) is 18.6 Å². The minimum atomic E-state index is 0.146. The van der Waals surface area contributed by atoms with Gasteiger partial charge in [-0.15, -0.1) is 0 Å². The van der Waals surface area contributed by atoms with Gasteiger partial charge in [0.05, 0.1) is 11.8 Å². The Balaban J connectivity index is 1.97. The molecule has 2 rings (SSSR count). The van der Waals surface area contributed by atoms with Gasteiger partial charge in [0.25, 0.3) is 0 Å². The molecule has 0 saturated heterocycles. The predicted molar refractivity (Wildman–Crippen MR) is 58.7 cm³/mol. The zero-order valence-corrected chi connectivity index (χ0v) is 8.61. The molecule has 1 saturated carbocycles. The summed E-state index contributed by atoms with van der Waals surface area (Å²) in [6, 6.07) is 7.47. The number of rotatable bonds is 2. The zero-order valence-electron chi connectivity index (χ0n) is 8.61. The molecular weight excluding hydrogens is 190 g/mol. The van der Waals surface area contributed by atoms with E-state index in [1.165, 1.54) is 0 Å². The van der Waals surface area contributed by atoms with Crippen LogP contribution in [0.4, 0.5) is 5.69 Å². The van der Waals surface area contributed by atoms with E-state index in [2.05, 4.69) is 0 Å². The van der Waals surface area contributed by atoms with Gasteiger partial charge in [-0.05, 0) is 25.0 Å². The molecular formula is C12H15NO2. The third kappa shape index (κ3) is 2.49. The number of carbonyl (C=O) groups is 1. The second-order valence-corrected chi connectivity index (χ2v) is 3.89. The molecule has 0 amide bonds. The molecule has 3 nitrogen and oxygen atoms in total. The number of para-hydroxylation sites is 2. The molecule has 1 fully saturated rings. The van der Waals surface area contributed by atoms with Crippen LogP contribution in [-0.2, 0) is 4.79 Å². The largest absolute Gasteiger partial charge is 0.488 e. The molecule has 80 valence electrons. The summed E-state index contributed by atoms with van der Waals surface area (Å²) in [6.45, 7) is 0. The third-order valence-electron chi connectivity index (χ3n) is 2.70. The molecule has 3 heteroatoms. The van der Waals surface area contributed by atoms with Gasteiger partial charge in [0.15, 0.2) is 0 Å². The molecule has 0 aliphatic heterocycles. The SMILES string of the molecule is Nc1ccccc1OC1CCC(=O)CC1. The number of anilines is 1. The van der Waals surface area contributed by atoms with Gasteiger partial charge in [-0.25, -0.2) is 0 Å². The van der Waals surface area contributed by atoms with Gasteiger partial charge in [0, 0.05) is 12.8 Å². The molecule has 15 heavy (non-hydrogen) atoms. The highest BCUT2D eigenvalue weighted by Crippen LogP contribution is 2.25. The topological polar surface area (TPSA) is 52.3 Å². The molecule has 0 heterocycles. The van der Waals surface area contributed by atoms with Crippen LogP contribution in [0.25, 0.3) is 0 Å². The number of hydrogen-bond donors (Lipinski definition) is 1. The van der Waals surface area contributed by atoms with E-state index < -0.39 is 0 Å². The Labute approximate surface area is 89.2 Å². The van der Waals surface area contributed by atoms with Crippen molar-refractivity contribution in [2.75, 3.05) is 5.73 Å². The molecule has 0 spiro atoms. The molecule has 0 unspecified atom stereocenters. The number of ketones is 1. The van der Waals surface area contributed by atoms with Crippen molar-refractivity contribution in [2.45, 2.75) is 31.8 Å². The number of nitrogens with two attached hydrogens (primary N) is 1. The quantitative estimate of drug-likeness (QED) is 0.753. The lowest BCUT2D eigenvalue weighted by Gasteiger charge is -2.23. The summed E-state index contributed by atoms with van der Waals surface area (Å²) < 4.78 is 5.76. The van der Waals surface area contributed by atoms with E-state index in [1.807, 2.05) is 24.3 Å². The lowest BCUT2D eigenvalue weighted by atomic mass is 9.96. The summed E-state index contributed by atoms with van der Waals surface area (Å²) >= 11 is 0. The molecule has 1 aromatic carbocycles. The van der Waals surface area contributed by atoms with Gasteiger partial charge in [-0.3, -0.25) is 4.79 Å². The fourth-order valence-corrected chi connectivity index (χ4v) is 1.80. The Morgan fingerprint density at radius 1 is 1.20 bits per heavy atom. The van der Waals surface area contributed by atoms with Crippen molar-refractivity contribution >= 4 is 11.5 Å². The second-order valence-electron chi connectivity index (χ2n) is 3.89. The number of benzene rings is 1. The van der Waals surface area contributed by atoms with E-state index in [1.54, 1.807) is 0 Å². The van der Waals surface area contributed by atoms with E-state index in [0.29, 0.717) is 24.3 Å². The Bertz CT molecular complexity index is 352. The average molecular weight is 205 g/mol. The fourth-order valence-electron chi connectivity index (χ4n) is 1.80. The number of carbonyl (C=O) groups excluding carboxylic acids is 1. The molecule has 2 N–H and O–H groups in total. The average Bonchev–Trinajstić information content (AvgIpc) is 2.25. The monoisotopic (exact) mass is 205 g/mol. The van der Waals surface area contributed by atoms with Gasteiger partial charge in [0.2, 0.25) is 0 Å². The van der Waals surface area contributed by atoms with Crippen molar-refractivity contribution in [3.05, 3.63) is 24.3 Å². The van der Waals surface area contributed by atoms with Gasteiger partial charge < -0.3 is 10.5 Å². The van der Waals surface area contributed by atoms with Crippen LogP contribution in [0.5, 0.6) is 5.75 Å². The third-order valence-corrected chi connectivity index (χ3v) is 2.70. The van der Waals surface area contributed by atoms with Crippen LogP contribution in [0.2, 0.25) is 0 Å². The summed E-state index contributed by atoms with van der Waals surface area (Å²) in [4.78, 5) is 11.0. The van der Waals surface area contributed by atoms with Crippen molar-refractivity contribution < 1.29 is 9.53 Å². The highest BCUT2D eigenvalue weighted by molar-refractivity contribution is 5.79. The highest BCUT2D eigenvalue weighted by atomic mass is 16.5. The standard InChI is InChI=1S/C12H15NO2/c13-11-3-1-2-4-12(11)15-10-7-5-9(14)6-8-10/h1-4,10H,5-8,13H2. The number of ether oxygens (including phenoxy) is 1. The summed E-state index contributed by atoms with van der Waals surface area (Å²) in [6.07, 6.45) is 3.04. The molecule has 1 aliphatic carbocycles. The van der Waals surface area contributed by atoms with Crippen LogP contribution in [0.3, 0.4) is 0 Å². The molecule has 0 aromatic heterocycles. The van der Waals surface area contributed by atoms with Gasteiger partial charge in [-0.2, -0.15) is 0 Å². The number of Topliss-reactive ketones (excluding diaryl/α,β-unsaturated/α-hetero) is 1. The van der Waals surface area contributed by atoms with Crippen molar-refractivity contribution in [3.63, 3.8) is 0 Å². The van der Waals surface area contributed by atoms with Crippen LogP contribution in [-0.4, -0.2) is 11.9 Å². The lowest BCUT2D eigenvalue weighted by Crippen LogP contribution is -2.24. The van der Waals surface area contributed by atoms with Crippen molar-refractivity contribution in [1.82, 2.24) is 0 Å². The maximum absolute atomic E-state index is 11.0. The first kappa shape index (κ1) is 10.0. The Morgan fingerprint density at radius 3 is 2.53 bits per heavy atom. The number of nitrogen functional groups attached to an aromatic ring is 1. The minimum absolute atomic E-state index is 0.146. The summed E-state index contributed by atoms with van der Waals surface area (Å²) in [5, 5.41) is 0. The first-order chi connectivity index (χ1) is 7.25. The summed E-state index contributed by atoms with van der Waals surface area (Å²) in [5.41, 5.74) is 6.43. The van der Waals surface area contributed by atoms with Crippen LogP contribution in [0.15, 0.2) is 24.3 Å².